The topological polar surface area (TPSA) is 85.0 Å². The second-order valence-electron chi connectivity index (χ2n) is 7.94. The van der Waals surface area contributed by atoms with Gasteiger partial charge in [0.2, 0.25) is 11.8 Å². The Morgan fingerprint density at radius 1 is 1.00 bits per heavy atom. The fourth-order valence-corrected chi connectivity index (χ4v) is 4.10. The standard InChI is InChI=1S/C24H27N3O5/c1-17(27-20-5-3-4-6-21(20)32-24(27)30)23(29)26-15-13-25(14-16-26)22(28)12-9-18-7-10-19(31-2)11-8-18/h3-8,10-11,17H,9,12-16H2,1-2H3. The van der Waals surface area contributed by atoms with E-state index in [9.17, 15) is 14.4 Å². The van der Waals surface area contributed by atoms with Gasteiger partial charge in [-0.1, -0.05) is 24.3 Å². The van der Waals surface area contributed by atoms with Crippen molar-refractivity contribution in [1.82, 2.24) is 14.4 Å². The maximum atomic E-state index is 13.0. The van der Waals surface area contributed by atoms with Gasteiger partial charge in [0, 0.05) is 32.6 Å². The number of amides is 2. The van der Waals surface area contributed by atoms with Crippen LogP contribution in [0.5, 0.6) is 5.75 Å². The Balaban J connectivity index is 1.32. The molecule has 0 radical (unpaired) electrons. The molecule has 4 rings (SSSR count). The van der Waals surface area contributed by atoms with Crippen LogP contribution in [0.1, 0.15) is 24.9 Å². The highest BCUT2D eigenvalue weighted by molar-refractivity contribution is 5.83. The number of hydrogen-bond donors (Lipinski definition) is 0. The number of ether oxygens (including phenoxy) is 1. The van der Waals surface area contributed by atoms with E-state index in [1.807, 2.05) is 24.3 Å². The predicted octanol–water partition coefficient (Wildman–Crippen LogP) is 2.47. The molecular weight excluding hydrogens is 410 g/mol. The Morgan fingerprint density at radius 2 is 1.66 bits per heavy atom. The second-order valence-corrected chi connectivity index (χ2v) is 7.94. The third kappa shape index (κ3) is 4.39. The summed E-state index contributed by atoms with van der Waals surface area (Å²) in [5, 5.41) is 0. The van der Waals surface area contributed by atoms with Crippen molar-refractivity contribution in [3.05, 3.63) is 64.6 Å². The van der Waals surface area contributed by atoms with Crippen molar-refractivity contribution < 1.29 is 18.7 Å². The fourth-order valence-electron chi connectivity index (χ4n) is 4.10. The Labute approximate surface area is 186 Å². The Bertz CT molecular complexity index is 1160. The molecule has 1 aliphatic heterocycles. The van der Waals surface area contributed by atoms with Gasteiger partial charge in [-0.05, 0) is 43.2 Å². The Kier molecular flexibility index (Phi) is 6.30. The maximum Gasteiger partial charge on any atom is 0.420 e. The molecule has 0 aliphatic carbocycles. The van der Waals surface area contributed by atoms with Crippen molar-refractivity contribution in [3.8, 4) is 5.75 Å². The summed E-state index contributed by atoms with van der Waals surface area (Å²) >= 11 is 0. The molecule has 3 aromatic rings. The molecule has 32 heavy (non-hydrogen) atoms. The van der Waals surface area contributed by atoms with Crippen LogP contribution >= 0.6 is 0 Å². The first-order valence-corrected chi connectivity index (χ1v) is 10.8. The zero-order valence-electron chi connectivity index (χ0n) is 18.3. The average Bonchev–Trinajstić information content (AvgIpc) is 3.17. The number of benzene rings is 2. The maximum absolute atomic E-state index is 13.0. The van der Waals surface area contributed by atoms with E-state index in [4.69, 9.17) is 9.15 Å². The van der Waals surface area contributed by atoms with Crippen molar-refractivity contribution in [2.45, 2.75) is 25.8 Å². The number of nitrogens with zero attached hydrogens (tertiary/aromatic N) is 3. The molecule has 168 valence electrons. The number of fused-ring (bicyclic) bond motifs is 1. The lowest BCUT2D eigenvalue weighted by Gasteiger charge is -2.36. The van der Waals surface area contributed by atoms with Crippen LogP contribution in [0.4, 0.5) is 0 Å². The first kappa shape index (κ1) is 21.7. The number of carbonyl (C=O) groups is 2. The first-order chi connectivity index (χ1) is 15.5. The molecule has 1 aromatic heterocycles. The molecule has 8 heteroatoms. The van der Waals surface area contributed by atoms with Gasteiger partial charge in [-0.3, -0.25) is 14.2 Å². The summed E-state index contributed by atoms with van der Waals surface area (Å²) in [5.74, 6) is 0.183. The van der Waals surface area contributed by atoms with Gasteiger partial charge >= 0.3 is 5.76 Å². The van der Waals surface area contributed by atoms with Gasteiger partial charge in [0.25, 0.3) is 0 Å². The van der Waals surface area contributed by atoms with E-state index in [0.29, 0.717) is 50.1 Å². The highest BCUT2D eigenvalue weighted by Crippen LogP contribution is 2.19. The number of methoxy groups -OCH3 is 1. The van der Waals surface area contributed by atoms with E-state index in [0.717, 1.165) is 11.3 Å². The summed E-state index contributed by atoms with van der Waals surface area (Å²) in [6, 6.07) is 14.1. The van der Waals surface area contributed by atoms with Crippen molar-refractivity contribution >= 4 is 22.9 Å². The van der Waals surface area contributed by atoms with Crippen molar-refractivity contribution in [2.75, 3.05) is 33.3 Å². The summed E-state index contributed by atoms with van der Waals surface area (Å²) in [5.41, 5.74) is 2.15. The number of para-hydroxylation sites is 2. The summed E-state index contributed by atoms with van der Waals surface area (Å²) in [6.45, 7) is 3.57. The Morgan fingerprint density at radius 3 is 2.34 bits per heavy atom. The SMILES string of the molecule is COc1ccc(CCC(=O)N2CCN(C(=O)C(C)n3c(=O)oc4ccccc43)CC2)cc1. The lowest BCUT2D eigenvalue weighted by Crippen LogP contribution is -2.52. The minimum atomic E-state index is -0.677. The molecule has 2 heterocycles. The zero-order chi connectivity index (χ0) is 22.7. The minimum absolute atomic E-state index is 0.0815. The Hall–Kier alpha value is -3.55. The summed E-state index contributed by atoms with van der Waals surface area (Å²) in [6.07, 6.45) is 1.09. The van der Waals surface area contributed by atoms with Gasteiger partial charge < -0.3 is 19.0 Å². The summed E-state index contributed by atoms with van der Waals surface area (Å²) in [4.78, 5) is 41.5. The van der Waals surface area contributed by atoms with E-state index >= 15 is 0 Å². The van der Waals surface area contributed by atoms with Crippen molar-refractivity contribution in [1.29, 1.82) is 0 Å². The number of piperazine rings is 1. The van der Waals surface area contributed by atoms with E-state index in [2.05, 4.69) is 0 Å². The van der Waals surface area contributed by atoms with Crippen LogP contribution < -0.4 is 10.5 Å². The average molecular weight is 437 g/mol. The second kappa shape index (κ2) is 9.30. The van der Waals surface area contributed by atoms with Gasteiger partial charge in [0.15, 0.2) is 5.58 Å². The number of rotatable bonds is 6. The van der Waals surface area contributed by atoms with Gasteiger partial charge in [0.05, 0.1) is 12.6 Å². The van der Waals surface area contributed by atoms with Crippen LogP contribution in [0.3, 0.4) is 0 Å². The summed E-state index contributed by atoms with van der Waals surface area (Å²) < 4.78 is 11.8. The van der Waals surface area contributed by atoms with Gasteiger partial charge in [-0.2, -0.15) is 0 Å². The normalized spacial score (nSPS) is 15.1. The quantitative estimate of drug-likeness (QED) is 0.592. The number of carbonyl (C=O) groups excluding carboxylic acids is 2. The summed E-state index contributed by atoms with van der Waals surface area (Å²) in [7, 11) is 1.62. The highest BCUT2D eigenvalue weighted by Gasteiger charge is 2.29. The molecule has 0 bridgehead atoms. The molecule has 0 N–H and O–H groups in total. The first-order valence-electron chi connectivity index (χ1n) is 10.8. The number of hydrogen-bond acceptors (Lipinski definition) is 5. The number of aryl methyl sites for hydroxylation is 1. The monoisotopic (exact) mass is 437 g/mol. The molecule has 1 saturated heterocycles. The largest absolute Gasteiger partial charge is 0.497 e. The van der Waals surface area contributed by atoms with Crippen LogP contribution in [0.2, 0.25) is 0 Å². The molecule has 2 aromatic carbocycles. The highest BCUT2D eigenvalue weighted by atomic mass is 16.5. The number of oxazole rings is 1. The van der Waals surface area contributed by atoms with Crippen LogP contribution in [0.15, 0.2) is 57.7 Å². The van der Waals surface area contributed by atoms with Gasteiger partial charge in [-0.15, -0.1) is 0 Å². The van der Waals surface area contributed by atoms with Crippen LogP contribution in [0.25, 0.3) is 11.1 Å². The van der Waals surface area contributed by atoms with Crippen LogP contribution in [0, 0.1) is 0 Å². The zero-order valence-corrected chi connectivity index (χ0v) is 18.3. The molecular formula is C24H27N3O5. The van der Waals surface area contributed by atoms with E-state index < -0.39 is 11.8 Å². The molecule has 0 saturated carbocycles. The minimum Gasteiger partial charge on any atom is -0.497 e. The van der Waals surface area contributed by atoms with Crippen molar-refractivity contribution in [3.63, 3.8) is 0 Å². The lowest BCUT2D eigenvalue weighted by atomic mass is 10.1. The van der Waals surface area contributed by atoms with Crippen LogP contribution in [-0.4, -0.2) is 59.5 Å². The lowest BCUT2D eigenvalue weighted by molar-refractivity contribution is -0.141. The number of aromatic nitrogens is 1. The van der Waals surface area contributed by atoms with E-state index in [-0.39, 0.29) is 11.8 Å². The molecule has 8 nitrogen and oxygen atoms in total. The third-order valence-electron chi connectivity index (χ3n) is 5.99. The van der Waals surface area contributed by atoms with E-state index in [1.165, 1.54) is 4.57 Å². The molecule has 1 unspecified atom stereocenters. The smallest absolute Gasteiger partial charge is 0.420 e. The van der Waals surface area contributed by atoms with Gasteiger partial charge in [0.1, 0.15) is 11.8 Å². The van der Waals surface area contributed by atoms with Gasteiger partial charge in [-0.25, -0.2) is 4.79 Å². The predicted molar refractivity (Wildman–Crippen MR) is 120 cm³/mol. The fraction of sp³-hybridized carbons (Fsp3) is 0.375. The van der Waals surface area contributed by atoms with Crippen molar-refractivity contribution in [2.24, 2.45) is 0 Å². The van der Waals surface area contributed by atoms with E-state index in [1.54, 1.807) is 48.1 Å². The molecule has 2 amide bonds. The molecule has 1 fully saturated rings. The van der Waals surface area contributed by atoms with Crippen LogP contribution in [-0.2, 0) is 16.0 Å². The third-order valence-corrected chi connectivity index (χ3v) is 5.99. The molecule has 1 atom stereocenters. The molecule has 1 aliphatic rings. The molecule has 0 spiro atoms.